The molecular formula is C23H22F2N4O7. The number of aliphatic carboxylic acids is 1. The van der Waals surface area contributed by atoms with Crippen molar-refractivity contribution in [3.8, 4) is 11.1 Å². The minimum atomic E-state index is -1.35. The number of nitrogens with zero attached hydrogens (tertiary/aromatic N) is 2. The average Bonchev–Trinajstić information content (AvgIpc) is 3.40. The second kappa shape index (κ2) is 9.77. The van der Waals surface area contributed by atoms with Gasteiger partial charge in [-0.2, -0.15) is 0 Å². The number of rotatable bonds is 7. The zero-order valence-corrected chi connectivity index (χ0v) is 18.9. The lowest BCUT2D eigenvalue weighted by atomic mass is 10.0. The number of nitrogens with two attached hydrogens (primary N) is 1. The van der Waals surface area contributed by atoms with Crippen LogP contribution in [0.2, 0.25) is 0 Å². The molecule has 0 spiro atoms. The Morgan fingerprint density at radius 2 is 1.56 bits per heavy atom. The Kier molecular flexibility index (Phi) is 6.75. The van der Waals surface area contributed by atoms with E-state index >= 15 is 0 Å². The number of hydrogen-bond donors (Lipinski definition) is 3. The van der Waals surface area contributed by atoms with Gasteiger partial charge in [-0.1, -0.05) is 0 Å². The molecule has 2 aromatic rings. The highest BCUT2D eigenvalue weighted by molar-refractivity contribution is 5.97. The minimum absolute atomic E-state index is 0.0671. The Hall–Kier alpha value is -4.26. The van der Waals surface area contributed by atoms with Crippen LogP contribution in [0.3, 0.4) is 0 Å². The summed E-state index contributed by atoms with van der Waals surface area (Å²) in [6.07, 6.45) is -3.16. The fourth-order valence-electron chi connectivity index (χ4n) is 3.78. The molecule has 3 amide bonds. The average molecular weight is 504 g/mol. The molecule has 2 aliphatic heterocycles. The standard InChI is InChI=1S/C23H22F2N4O7/c1-11(21(31)32)20(30)27-19-10-29(23(34)36-19)13-3-5-16(18(25)7-13)15-4-2-12(6-17(15)24)28-9-14(8-26)35-22(28)33/h2-7,11,14,19H,8-10,26H2,1H3,(H,27,30)(H,31,32)/t11?,14-,19-/m0/s1. The number of cyclic esters (lactones) is 2. The fraction of sp³-hybridized carbons (Fsp3) is 0.304. The summed E-state index contributed by atoms with van der Waals surface area (Å²) in [4.78, 5) is 49.3. The first kappa shape index (κ1) is 24.9. The van der Waals surface area contributed by atoms with Crippen LogP contribution in [0, 0.1) is 17.6 Å². The second-order valence-corrected chi connectivity index (χ2v) is 8.23. The Bertz CT molecular complexity index is 1240. The molecule has 4 N–H and O–H groups in total. The number of carboxylic acids is 1. The summed E-state index contributed by atoms with van der Waals surface area (Å²) >= 11 is 0. The fourth-order valence-corrected chi connectivity index (χ4v) is 3.78. The van der Waals surface area contributed by atoms with E-state index in [0.29, 0.717) is 0 Å². The molecule has 3 atom stereocenters. The lowest BCUT2D eigenvalue weighted by Gasteiger charge is -2.16. The quantitative estimate of drug-likeness (QED) is 0.485. The number of ether oxygens (including phenoxy) is 2. The molecule has 2 fully saturated rings. The monoisotopic (exact) mass is 504 g/mol. The van der Waals surface area contributed by atoms with Crippen LogP contribution in [-0.4, -0.2) is 61.1 Å². The maximum absolute atomic E-state index is 15.0. The first-order valence-corrected chi connectivity index (χ1v) is 10.9. The molecule has 2 aliphatic rings. The van der Waals surface area contributed by atoms with Gasteiger partial charge in [-0.05, 0) is 43.3 Å². The molecule has 2 aromatic carbocycles. The molecule has 4 rings (SSSR count). The van der Waals surface area contributed by atoms with Gasteiger partial charge in [0.15, 0.2) is 6.23 Å². The zero-order chi connectivity index (χ0) is 26.1. The van der Waals surface area contributed by atoms with Crippen LogP contribution >= 0.6 is 0 Å². The summed E-state index contributed by atoms with van der Waals surface area (Å²) < 4.78 is 40.0. The molecule has 0 saturated carbocycles. The molecule has 2 heterocycles. The largest absolute Gasteiger partial charge is 0.481 e. The van der Waals surface area contributed by atoms with E-state index in [2.05, 4.69) is 5.32 Å². The van der Waals surface area contributed by atoms with Crippen molar-refractivity contribution in [3.05, 3.63) is 48.0 Å². The summed E-state index contributed by atoms with van der Waals surface area (Å²) in [7, 11) is 0. The van der Waals surface area contributed by atoms with Crippen LogP contribution in [0.1, 0.15) is 6.92 Å². The molecule has 11 nitrogen and oxygen atoms in total. The number of hydrogen-bond acceptors (Lipinski definition) is 7. The maximum Gasteiger partial charge on any atom is 0.416 e. The van der Waals surface area contributed by atoms with Gasteiger partial charge in [-0.3, -0.25) is 19.4 Å². The predicted octanol–water partition coefficient (Wildman–Crippen LogP) is 2.04. The molecule has 2 saturated heterocycles. The van der Waals surface area contributed by atoms with E-state index in [4.69, 9.17) is 20.3 Å². The topological polar surface area (TPSA) is 151 Å². The third kappa shape index (κ3) is 4.77. The van der Waals surface area contributed by atoms with Crippen LogP contribution in [-0.2, 0) is 19.1 Å². The van der Waals surface area contributed by atoms with Crippen molar-refractivity contribution in [2.75, 3.05) is 29.4 Å². The SMILES string of the molecule is CC(C(=O)O)C(=O)N[C@@H]1CN(c2ccc(-c3ccc(N4C[C@H](CN)OC4=O)cc3F)c(F)c2)C(=O)O1. The van der Waals surface area contributed by atoms with Gasteiger partial charge < -0.3 is 25.6 Å². The van der Waals surface area contributed by atoms with Crippen molar-refractivity contribution < 1.29 is 42.5 Å². The zero-order valence-electron chi connectivity index (χ0n) is 18.9. The summed E-state index contributed by atoms with van der Waals surface area (Å²) in [6, 6.07) is 7.54. The number of benzene rings is 2. The summed E-state index contributed by atoms with van der Waals surface area (Å²) in [5.41, 5.74) is 5.68. The van der Waals surface area contributed by atoms with Crippen molar-refractivity contribution in [2.45, 2.75) is 19.3 Å². The van der Waals surface area contributed by atoms with Crippen LogP contribution in [0.4, 0.5) is 29.7 Å². The van der Waals surface area contributed by atoms with Crippen molar-refractivity contribution in [3.63, 3.8) is 0 Å². The molecular weight excluding hydrogens is 482 g/mol. The van der Waals surface area contributed by atoms with Gasteiger partial charge in [0, 0.05) is 17.7 Å². The van der Waals surface area contributed by atoms with E-state index in [0.717, 1.165) is 17.0 Å². The highest BCUT2D eigenvalue weighted by atomic mass is 19.1. The van der Waals surface area contributed by atoms with Gasteiger partial charge in [-0.15, -0.1) is 0 Å². The normalized spacial score (nSPS) is 20.2. The van der Waals surface area contributed by atoms with Gasteiger partial charge in [0.05, 0.1) is 24.5 Å². The Morgan fingerprint density at radius 1 is 1.03 bits per heavy atom. The Balaban J connectivity index is 1.49. The predicted molar refractivity (Wildman–Crippen MR) is 121 cm³/mol. The smallest absolute Gasteiger partial charge is 0.416 e. The number of carboxylic acid groups (broad SMARTS) is 1. The van der Waals surface area contributed by atoms with Crippen LogP contribution in [0.25, 0.3) is 11.1 Å². The number of halogens is 2. The van der Waals surface area contributed by atoms with E-state index in [-0.39, 0.29) is 42.1 Å². The molecule has 36 heavy (non-hydrogen) atoms. The molecule has 0 bridgehead atoms. The lowest BCUT2D eigenvalue weighted by Crippen LogP contribution is -2.42. The van der Waals surface area contributed by atoms with Gasteiger partial charge >= 0.3 is 18.2 Å². The van der Waals surface area contributed by atoms with E-state index in [1.807, 2.05) is 0 Å². The number of carbonyl (C=O) groups is 4. The van der Waals surface area contributed by atoms with Crippen molar-refractivity contribution in [2.24, 2.45) is 11.7 Å². The second-order valence-electron chi connectivity index (χ2n) is 8.23. The Morgan fingerprint density at radius 3 is 2.03 bits per heavy atom. The lowest BCUT2D eigenvalue weighted by molar-refractivity contribution is -0.146. The Labute approximate surface area is 203 Å². The van der Waals surface area contributed by atoms with Gasteiger partial charge in [-0.25, -0.2) is 18.4 Å². The van der Waals surface area contributed by atoms with Crippen LogP contribution in [0.5, 0.6) is 0 Å². The van der Waals surface area contributed by atoms with Gasteiger partial charge in [0.25, 0.3) is 0 Å². The minimum Gasteiger partial charge on any atom is -0.481 e. The molecule has 190 valence electrons. The third-order valence-electron chi connectivity index (χ3n) is 5.83. The number of nitrogens with one attached hydrogen (secondary N) is 1. The van der Waals surface area contributed by atoms with Crippen LogP contribution in [0.15, 0.2) is 36.4 Å². The maximum atomic E-state index is 15.0. The van der Waals surface area contributed by atoms with Crippen LogP contribution < -0.4 is 20.9 Å². The summed E-state index contributed by atoms with van der Waals surface area (Å²) in [6.45, 7) is 1.29. The molecule has 1 unspecified atom stereocenters. The molecule has 0 aromatic heterocycles. The van der Waals surface area contributed by atoms with E-state index < -0.39 is 53.9 Å². The first-order chi connectivity index (χ1) is 17.1. The van der Waals surface area contributed by atoms with Crippen molar-refractivity contribution in [1.82, 2.24) is 5.32 Å². The highest BCUT2D eigenvalue weighted by Gasteiger charge is 2.36. The van der Waals surface area contributed by atoms with E-state index in [9.17, 15) is 28.0 Å². The third-order valence-corrected chi connectivity index (χ3v) is 5.83. The number of carbonyl (C=O) groups excluding carboxylic acids is 3. The molecule has 0 aliphatic carbocycles. The molecule has 0 radical (unpaired) electrons. The van der Waals surface area contributed by atoms with E-state index in [1.165, 1.54) is 36.1 Å². The van der Waals surface area contributed by atoms with Gasteiger partial charge in [0.1, 0.15) is 23.7 Å². The van der Waals surface area contributed by atoms with Crippen molar-refractivity contribution in [1.29, 1.82) is 0 Å². The number of amides is 3. The molecule has 13 heteroatoms. The van der Waals surface area contributed by atoms with Gasteiger partial charge in [0.2, 0.25) is 5.91 Å². The highest BCUT2D eigenvalue weighted by Crippen LogP contribution is 2.33. The first-order valence-electron chi connectivity index (χ1n) is 10.9. The number of anilines is 2. The van der Waals surface area contributed by atoms with E-state index in [1.54, 1.807) is 0 Å². The summed E-state index contributed by atoms with van der Waals surface area (Å²) in [5, 5.41) is 11.2. The summed E-state index contributed by atoms with van der Waals surface area (Å²) in [5.74, 6) is -5.15. The van der Waals surface area contributed by atoms with Crippen molar-refractivity contribution >= 4 is 35.4 Å².